The van der Waals surface area contributed by atoms with E-state index >= 15 is 0 Å². The Morgan fingerprint density at radius 1 is 1.47 bits per heavy atom. The van der Waals surface area contributed by atoms with E-state index in [0.717, 1.165) is 0 Å². The molecule has 0 aromatic heterocycles. The number of halogens is 1. The largest absolute Gasteiger partial charge is 0.481 e. The molecule has 0 spiro atoms. The van der Waals surface area contributed by atoms with Crippen molar-refractivity contribution in [1.29, 1.82) is 0 Å². The zero-order valence-corrected chi connectivity index (χ0v) is 9.53. The fourth-order valence-electron chi connectivity index (χ4n) is 1.51. The van der Waals surface area contributed by atoms with E-state index in [1.165, 1.54) is 6.07 Å². The van der Waals surface area contributed by atoms with Gasteiger partial charge in [0.25, 0.3) is 0 Å². The molecule has 17 heavy (non-hydrogen) atoms. The van der Waals surface area contributed by atoms with Gasteiger partial charge in [-0.25, -0.2) is 4.39 Å². The molecule has 94 valence electrons. The van der Waals surface area contributed by atoms with Gasteiger partial charge in [-0.1, -0.05) is 18.2 Å². The minimum Gasteiger partial charge on any atom is -0.481 e. The van der Waals surface area contributed by atoms with Crippen LogP contribution in [0.3, 0.4) is 0 Å². The minimum atomic E-state index is -0.909. The molecule has 0 amide bonds. The Morgan fingerprint density at radius 2 is 2.18 bits per heavy atom. The van der Waals surface area contributed by atoms with E-state index < -0.39 is 12.0 Å². The predicted octanol–water partition coefficient (Wildman–Crippen LogP) is 0.760. The summed E-state index contributed by atoms with van der Waals surface area (Å²) in [4.78, 5) is 10.4. The quantitative estimate of drug-likeness (QED) is 0.615. The van der Waals surface area contributed by atoms with Gasteiger partial charge in [-0.05, 0) is 24.6 Å². The summed E-state index contributed by atoms with van der Waals surface area (Å²) in [5, 5.41) is 11.5. The fourth-order valence-corrected chi connectivity index (χ4v) is 1.51. The third-order valence-electron chi connectivity index (χ3n) is 2.37. The third-order valence-corrected chi connectivity index (χ3v) is 2.37. The van der Waals surface area contributed by atoms with E-state index in [0.29, 0.717) is 25.1 Å². The van der Waals surface area contributed by atoms with Gasteiger partial charge in [-0.2, -0.15) is 0 Å². The average molecular weight is 240 g/mol. The summed E-state index contributed by atoms with van der Waals surface area (Å²) in [5.41, 5.74) is 6.21. The van der Waals surface area contributed by atoms with Gasteiger partial charge in [0.15, 0.2) is 0 Å². The van der Waals surface area contributed by atoms with Gasteiger partial charge >= 0.3 is 5.97 Å². The second-order valence-electron chi connectivity index (χ2n) is 3.90. The van der Waals surface area contributed by atoms with Crippen LogP contribution in [0, 0.1) is 5.82 Å². The molecule has 1 rings (SSSR count). The van der Waals surface area contributed by atoms with Gasteiger partial charge < -0.3 is 16.2 Å². The summed E-state index contributed by atoms with van der Waals surface area (Å²) < 4.78 is 13.2. The number of carboxylic acids is 1. The molecule has 1 unspecified atom stereocenters. The zero-order valence-electron chi connectivity index (χ0n) is 9.53. The van der Waals surface area contributed by atoms with Gasteiger partial charge in [0, 0.05) is 12.6 Å². The molecular weight excluding hydrogens is 223 g/mol. The van der Waals surface area contributed by atoms with E-state index in [1.54, 1.807) is 18.2 Å². The first-order chi connectivity index (χ1) is 8.09. The molecule has 1 atom stereocenters. The molecule has 0 saturated carbocycles. The maximum atomic E-state index is 13.2. The highest BCUT2D eigenvalue weighted by molar-refractivity contribution is 5.67. The van der Waals surface area contributed by atoms with Crippen molar-refractivity contribution in [3.8, 4) is 0 Å². The maximum Gasteiger partial charge on any atom is 0.304 e. The van der Waals surface area contributed by atoms with E-state index in [-0.39, 0.29) is 12.2 Å². The second-order valence-corrected chi connectivity index (χ2v) is 3.90. The molecule has 0 radical (unpaired) electrons. The summed E-state index contributed by atoms with van der Waals surface area (Å²) in [6, 6.07) is 6.18. The van der Waals surface area contributed by atoms with Crippen LogP contribution < -0.4 is 11.1 Å². The van der Waals surface area contributed by atoms with Crippen molar-refractivity contribution in [3.05, 3.63) is 35.6 Å². The van der Waals surface area contributed by atoms with Crippen LogP contribution in [0.2, 0.25) is 0 Å². The Bertz CT molecular complexity index is 371. The molecular formula is C12H17FN2O2. The van der Waals surface area contributed by atoms with Crippen molar-refractivity contribution in [2.45, 2.75) is 18.9 Å². The lowest BCUT2D eigenvalue weighted by atomic mass is 10.1. The van der Waals surface area contributed by atoms with E-state index in [1.807, 2.05) is 0 Å². The first kappa shape index (κ1) is 13.6. The molecule has 0 bridgehead atoms. The van der Waals surface area contributed by atoms with Crippen LogP contribution in [0.1, 0.15) is 12.0 Å². The molecule has 4 nitrogen and oxygen atoms in total. The molecule has 0 aliphatic heterocycles. The average Bonchev–Trinajstić information content (AvgIpc) is 2.25. The monoisotopic (exact) mass is 240 g/mol. The number of hydrogen-bond acceptors (Lipinski definition) is 3. The number of hydrogen-bond donors (Lipinski definition) is 3. The highest BCUT2D eigenvalue weighted by atomic mass is 19.1. The van der Waals surface area contributed by atoms with E-state index in [9.17, 15) is 9.18 Å². The summed E-state index contributed by atoms with van der Waals surface area (Å²) in [7, 11) is 0. The number of nitrogens with one attached hydrogen (secondary N) is 1. The van der Waals surface area contributed by atoms with Crippen molar-refractivity contribution in [2.24, 2.45) is 5.73 Å². The van der Waals surface area contributed by atoms with Gasteiger partial charge in [-0.15, -0.1) is 0 Å². The van der Waals surface area contributed by atoms with Gasteiger partial charge in [0.05, 0.1) is 6.42 Å². The second kappa shape index (κ2) is 6.98. The molecule has 0 aliphatic rings. The van der Waals surface area contributed by atoms with Crippen molar-refractivity contribution >= 4 is 5.97 Å². The SMILES string of the molecule is NC(CNCCc1ccccc1F)CC(=O)O. The lowest BCUT2D eigenvalue weighted by molar-refractivity contribution is -0.137. The van der Waals surface area contributed by atoms with Crippen molar-refractivity contribution < 1.29 is 14.3 Å². The normalized spacial score (nSPS) is 12.4. The molecule has 1 aromatic rings. The number of rotatable bonds is 7. The number of nitrogens with two attached hydrogens (primary N) is 1. The topological polar surface area (TPSA) is 75.3 Å². The van der Waals surface area contributed by atoms with Crippen LogP contribution in [0.4, 0.5) is 4.39 Å². The Morgan fingerprint density at radius 3 is 2.82 bits per heavy atom. The van der Waals surface area contributed by atoms with Crippen LogP contribution in [0.5, 0.6) is 0 Å². The Labute approximate surface area is 99.6 Å². The zero-order chi connectivity index (χ0) is 12.7. The van der Waals surface area contributed by atoms with E-state index in [4.69, 9.17) is 10.8 Å². The molecule has 1 aromatic carbocycles. The van der Waals surface area contributed by atoms with Gasteiger partial charge in [0.1, 0.15) is 5.82 Å². The smallest absolute Gasteiger partial charge is 0.304 e. The van der Waals surface area contributed by atoms with Crippen LogP contribution in [0.15, 0.2) is 24.3 Å². The molecule has 0 fully saturated rings. The first-order valence-corrected chi connectivity index (χ1v) is 5.51. The summed E-state index contributed by atoms with van der Waals surface area (Å²) in [5.74, 6) is -1.13. The molecule has 5 heteroatoms. The Balaban J connectivity index is 2.20. The van der Waals surface area contributed by atoms with Crippen LogP contribution in [0.25, 0.3) is 0 Å². The predicted molar refractivity (Wildman–Crippen MR) is 63.2 cm³/mol. The van der Waals surface area contributed by atoms with Crippen LogP contribution in [-0.2, 0) is 11.2 Å². The van der Waals surface area contributed by atoms with Crippen LogP contribution >= 0.6 is 0 Å². The number of aliphatic carboxylic acids is 1. The summed E-state index contributed by atoms with van der Waals surface area (Å²) in [6.45, 7) is 0.995. The highest BCUT2D eigenvalue weighted by Gasteiger charge is 2.07. The first-order valence-electron chi connectivity index (χ1n) is 5.51. The minimum absolute atomic E-state index is 0.0628. The molecule has 0 aliphatic carbocycles. The van der Waals surface area contributed by atoms with Crippen molar-refractivity contribution in [1.82, 2.24) is 5.32 Å². The third kappa shape index (κ3) is 5.42. The van der Waals surface area contributed by atoms with Gasteiger partial charge in [0.2, 0.25) is 0 Å². The fraction of sp³-hybridized carbons (Fsp3) is 0.417. The lowest BCUT2D eigenvalue weighted by Crippen LogP contribution is -2.36. The van der Waals surface area contributed by atoms with Crippen molar-refractivity contribution in [2.75, 3.05) is 13.1 Å². The highest BCUT2D eigenvalue weighted by Crippen LogP contribution is 2.05. The lowest BCUT2D eigenvalue weighted by Gasteiger charge is -2.10. The molecule has 0 saturated heterocycles. The number of benzene rings is 1. The van der Waals surface area contributed by atoms with Crippen molar-refractivity contribution in [3.63, 3.8) is 0 Å². The Hall–Kier alpha value is -1.46. The standard InChI is InChI=1S/C12H17FN2O2/c13-11-4-2-1-3-9(11)5-6-15-8-10(14)7-12(16)17/h1-4,10,15H,5-8,14H2,(H,16,17). The summed E-state index contributed by atoms with van der Waals surface area (Å²) in [6.07, 6.45) is 0.499. The molecule has 4 N–H and O–H groups in total. The number of carbonyl (C=O) groups is 1. The number of carboxylic acid groups (broad SMARTS) is 1. The van der Waals surface area contributed by atoms with Crippen LogP contribution in [-0.4, -0.2) is 30.2 Å². The molecule has 0 heterocycles. The Kier molecular flexibility index (Phi) is 5.59. The summed E-state index contributed by atoms with van der Waals surface area (Å²) >= 11 is 0. The maximum absolute atomic E-state index is 13.2. The van der Waals surface area contributed by atoms with E-state index in [2.05, 4.69) is 5.32 Å². The van der Waals surface area contributed by atoms with Gasteiger partial charge in [-0.3, -0.25) is 4.79 Å².